The van der Waals surface area contributed by atoms with Crippen molar-refractivity contribution in [1.82, 2.24) is 0 Å². The van der Waals surface area contributed by atoms with Crippen molar-refractivity contribution in [2.75, 3.05) is 13.7 Å². The van der Waals surface area contributed by atoms with Gasteiger partial charge in [-0.25, -0.2) is 0 Å². The molecular weight excluding hydrogens is 228 g/mol. The van der Waals surface area contributed by atoms with Crippen LogP contribution in [0.1, 0.15) is 31.4 Å². The maximum atomic E-state index is 8.75. The van der Waals surface area contributed by atoms with Gasteiger partial charge >= 0.3 is 0 Å². The predicted molar refractivity (Wildman–Crippen MR) is 71.5 cm³/mol. The second-order valence-electron chi connectivity index (χ2n) is 4.01. The van der Waals surface area contributed by atoms with Crippen LogP contribution in [0.4, 0.5) is 0 Å². The molecule has 1 atom stereocenters. The highest BCUT2D eigenvalue weighted by Crippen LogP contribution is 2.18. The highest BCUT2D eigenvalue weighted by molar-refractivity contribution is 5.45. The maximum absolute atomic E-state index is 8.75. The lowest BCUT2D eigenvalue weighted by Gasteiger charge is -2.12. The summed E-state index contributed by atoms with van der Waals surface area (Å²) in [6.45, 7) is 4.49. The van der Waals surface area contributed by atoms with E-state index in [1.54, 1.807) is 7.11 Å². The average molecular weight is 248 g/mol. The lowest BCUT2D eigenvalue weighted by molar-refractivity contribution is 0.0506. The van der Waals surface area contributed by atoms with Crippen molar-refractivity contribution >= 4 is 0 Å². The zero-order valence-electron chi connectivity index (χ0n) is 11.2. The smallest absolute Gasteiger partial charge is 0.119 e. The van der Waals surface area contributed by atoms with E-state index in [4.69, 9.17) is 14.6 Å². The van der Waals surface area contributed by atoms with Gasteiger partial charge in [0.05, 0.1) is 19.8 Å². The van der Waals surface area contributed by atoms with E-state index in [0.717, 1.165) is 23.3 Å². The topological polar surface area (TPSA) is 38.7 Å². The molecule has 1 aromatic carbocycles. The summed E-state index contributed by atoms with van der Waals surface area (Å²) in [5.41, 5.74) is 1.85. The number of ether oxygens (including phenoxy) is 2. The minimum absolute atomic E-state index is 0.141. The molecule has 0 saturated heterocycles. The molecular formula is C15H20O3. The third-order valence-corrected chi connectivity index (χ3v) is 2.71. The fourth-order valence-electron chi connectivity index (χ4n) is 1.42. The summed E-state index contributed by atoms with van der Waals surface area (Å²) >= 11 is 0. The highest BCUT2D eigenvalue weighted by Gasteiger charge is 2.05. The Morgan fingerprint density at radius 2 is 2.17 bits per heavy atom. The molecule has 0 heterocycles. The molecule has 0 aromatic heterocycles. The normalized spacial score (nSPS) is 11.6. The molecule has 1 aromatic rings. The SMILES string of the molecule is CCC(C)OCc1cc(OC)ccc1C#CCO. The van der Waals surface area contributed by atoms with Crippen LogP contribution in [0.5, 0.6) is 5.75 Å². The van der Waals surface area contributed by atoms with E-state index >= 15 is 0 Å². The van der Waals surface area contributed by atoms with Gasteiger partial charge in [-0.1, -0.05) is 18.8 Å². The summed E-state index contributed by atoms with van der Waals surface area (Å²) in [6.07, 6.45) is 1.19. The van der Waals surface area contributed by atoms with E-state index in [-0.39, 0.29) is 12.7 Å². The van der Waals surface area contributed by atoms with Crippen LogP contribution in [-0.2, 0) is 11.3 Å². The van der Waals surface area contributed by atoms with Gasteiger partial charge in [0, 0.05) is 5.56 Å². The Balaban J connectivity index is 2.89. The van der Waals surface area contributed by atoms with Gasteiger partial charge in [0.15, 0.2) is 0 Å². The molecule has 0 aliphatic rings. The first-order chi connectivity index (χ1) is 8.71. The van der Waals surface area contributed by atoms with Crippen LogP contribution in [0.3, 0.4) is 0 Å². The van der Waals surface area contributed by atoms with Crippen LogP contribution in [0.15, 0.2) is 18.2 Å². The van der Waals surface area contributed by atoms with Crippen molar-refractivity contribution in [3.63, 3.8) is 0 Å². The van der Waals surface area contributed by atoms with Crippen LogP contribution < -0.4 is 4.74 Å². The Hall–Kier alpha value is -1.50. The molecule has 0 aliphatic heterocycles. The van der Waals surface area contributed by atoms with Crippen molar-refractivity contribution in [3.05, 3.63) is 29.3 Å². The fourth-order valence-corrected chi connectivity index (χ4v) is 1.42. The summed E-state index contributed by atoms with van der Waals surface area (Å²) in [5, 5.41) is 8.75. The van der Waals surface area contributed by atoms with E-state index in [0.29, 0.717) is 6.61 Å². The van der Waals surface area contributed by atoms with Gasteiger partial charge in [0.25, 0.3) is 0 Å². The molecule has 0 spiro atoms. The van der Waals surface area contributed by atoms with Gasteiger partial charge in [-0.05, 0) is 37.1 Å². The van der Waals surface area contributed by atoms with Gasteiger partial charge in [-0.15, -0.1) is 0 Å². The number of hydrogen-bond acceptors (Lipinski definition) is 3. The zero-order valence-corrected chi connectivity index (χ0v) is 11.2. The monoisotopic (exact) mass is 248 g/mol. The minimum Gasteiger partial charge on any atom is -0.497 e. The van der Waals surface area contributed by atoms with Gasteiger partial charge in [-0.3, -0.25) is 0 Å². The fraction of sp³-hybridized carbons (Fsp3) is 0.467. The number of rotatable bonds is 5. The summed E-state index contributed by atoms with van der Waals surface area (Å²) in [6, 6.07) is 5.66. The van der Waals surface area contributed by atoms with Crippen molar-refractivity contribution in [2.24, 2.45) is 0 Å². The number of aliphatic hydroxyl groups excluding tert-OH is 1. The Bertz CT molecular complexity index is 429. The molecule has 1 unspecified atom stereocenters. The number of aliphatic hydroxyl groups is 1. The molecule has 98 valence electrons. The van der Waals surface area contributed by atoms with Gasteiger partial charge in [-0.2, -0.15) is 0 Å². The molecule has 0 fully saturated rings. The van der Waals surface area contributed by atoms with Gasteiger partial charge in [0.2, 0.25) is 0 Å². The van der Waals surface area contributed by atoms with Crippen LogP contribution >= 0.6 is 0 Å². The van der Waals surface area contributed by atoms with E-state index in [1.807, 2.05) is 25.1 Å². The first-order valence-electron chi connectivity index (χ1n) is 6.09. The molecule has 1 N–H and O–H groups in total. The van der Waals surface area contributed by atoms with E-state index in [9.17, 15) is 0 Å². The number of methoxy groups -OCH3 is 1. The maximum Gasteiger partial charge on any atom is 0.119 e. The molecule has 0 amide bonds. The van der Waals surface area contributed by atoms with Gasteiger partial charge < -0.3 is 14.6 Å². The minimum atomic E-state index is -0.141. The summed E-state index contributed by atoms with van der Waals surface area (Å²) < 4.78 is 10.9. The van der Waals surface area contributed by atoms with Crippen LogP contribution in [-0.4, -0.2) is 24.9 Å². The summed E-state index contributed by atoms with van der Waals surface area (Å²) in [7, 11) is 1.63. The van der Waals surface area contributed by atoms with Crippen molar-refractivity contribution in [3.8, 4) is 17.6 Å². The predicted octanol–water partition coefficient (Wildman–Crippen LogP) is 2.35. The highest BCUT2D eigenvalue weighted by atomic mass is 16.5. The van der Waals surface area contributed by atoms with Crippen molar-refractivity contribution in [2.45, 2.75) is 33.0 Å². The zero-order chi connectivity index (χ0) is 13.4. The lowest BCUT2D eigenvalue weighted by atomic mass is 10.1. The molecule has 0 radical (unpaired) electrons. The quantitative estimate of drug-likeness (QED) is 0.813. The lowest BCUT2D eigenvalue weighted by Crippen LogP contribution is -2.07. The first-order valence-corrected chi connectivity index (χ1v) is 6.09. The molecule has 18 heavy (non-hydrogen) atoms. The molecule has 0 saturated carbocycles. The molecule has 1 rings (SSSR count). The van der Waals surface area contributed by atoms with E-state index < -0.39 is 0 Å². The summed E-state index contributed by atoms with van der Waals surface area (Å²) in [4.78, 5) is 0. The standard InChI is InChI=1S/C15H20O3/c1-4-12(2)18-11-14-10-15(17-3)8-7-13(14)6-5-9-16/h7-8,10,12,16H,4,9,11H2,1-3H3. The molecule has 3 heteroatoms. The van der Waals surface area contributed by atoms with Gasteiger partial charge in [0.1, 0.15) is 12.4 Å². The number of benzene rings is 1. The Morgan fingerprint density at radius 3 is 2.78 bits per heavy atom. The Labute approximate surface area is 109 Å². The van der Waals surface area contributed by atoms with E-state index in [1.165, 1.54) is 0 Å². The third-order valence-electron chi connectivity index (χ3n) is 2.71. The largest absolute Gasteiger partial charge is 0.497 e. The Kier molecular flexibility index (Phi) is 6.27. The summed E-state index contributed by atoms with van der Waals surface area (Å²) in [5.74, 6) is 6.36. The van der Waals surface area contributed by atoms with Crippen LogP contribution in [0, 0.1) is 11.8 Å². The second-order valence-corrected chi connectivity index (χ2v) is 4.01. The number of hydrogen-bond donors (Lipinski definition) is 1. The molecule has 0 bridgehead atoms. The van der Waals surface area contributed by atoms with E-state index in [2.05, 4.69) is 18.8 Å². The third kappa shape index (κ3) is 4.40. The second kappa shape index (κ2) is 7.75. The molecule has 3 nitrogen and oxygen atoms in total. The van der Waals surface area contributed by atoms with Crippen molar-refractivity contribution in [1.29, 1.82) is 0 Å². The van der Waals surface area contributed by atoms with Crippen molar-refractivity contribution < 1.29 is 14.6 Å². The van der Waals surface area contributed by atoms with Crippen LogP contribution in [0.25, 0.3) is 0 Å². The molecule has 0 aliphatic carbocycles. The Morgan fingerprint density at radius 1 is 1.39 bits per heavy atom. The average Bonchev–Trinajstić information content (AvgIpc) is 2.42. The van der Waals surface area contributed by atoms with Crippen LogP contribution in [0.2, 0.25) is 0 Å². The first kappa shape index (κ1) is 14.6.